The second-order valence-electron chi connectivity index (χ2n) is 3.64. The third kappa shape index (κ3) is 2.63. The molecule has 1 atom stereocenters. The first-order valence-electron chi connectivity index (χ1n) is 4.66. The van der Waals surface area contributed by atoms with Gasteiger partial charge in [-0.25, -0.2) is 0 Å². The minimum atomic E-state index is -0.655. The Morgan fingerprint density at radius 3 is 2.64 bits per heavy atom. The Labute approximate surface area is 83.0 Å². The van der Waals surface area contributed by atoms with Gasteiger partial charge in [0.2, 0.25) is 5.91 Å². The van der Waals surface area contributed by atoms with Gasteiger partial charge in [-0.1, -0.05) is 13.8 Å². The lowest BCUT2D eigenvalue weighted by Gasteiger charge is -2.18. The fourth-order valence-electron chi connectivity index (χ4n) is 1.00. The average molecular weight is 197 g/mol. The van der Waals surface area contributed by atoms with Gasteiger partial charge in [0.15, 0.2) is 0 Å². The molecule has 5 heteroatoms. The number of rotatable bonds is 3. The van der Waals surface area contributed by atoms with Crippen molar-refractivity contribution in [3.05, 3.63) is 0 Å². The maximum Gasteiger partial charge on any atom is 0.259 e. The smallest absolute Gasteiger partial charge is 0.259 e. The predicted molar refractivity (Wildman–Crippen MR) is 52.9 cm³/mol. The molecule has 0 radical (unpaired) electrons. The van der Waals surface area contributed by atoms with E-state index in [2.05, 4.69) is 15.6 Å². The lowest BCUT2D eigenvalue weighted by Crippen LogP contribution is -2.47. The molecule has 1 rings (SSSR count). The van der Waals surface area contributed by atoms with Crippen LogP contribution in [-0.2, 0) is 9.59 Å². The molecule has 0 spiro atoms. The predicted octanol–water partition coefficient (Wildman–Crippen LogP) is -0.325. The highest BCUT2D eigenvalue weighted by atomic mass is 16.2. The molecule has 0 aromatic rings. The number of hydrogen-bond acceptors (Lipinski definition) is 3. The molecule has 2 N–H and O–H groups in total. The van der Waals surface area contributed by atoms with Gasteiger partial charge in [0, 0.05) is 6.04 Å². The molecule has 1 aliphatic heterocycles. The number of carbonyl (C=O) groups is 2. The monoisotopic (exact) mass is 197 g/mol. The van der Waals surface area contributed by atoms with Crippen LogP contribution in [0.2, 0.25) is 0 Å². The topological polar surface area (TPSA) is 70.6 Å². The average Bonchev–Trinajstić information content (AvgIpc) is 2.10. The van der Waals surface area contributed by atoms with Crippen molar-refractivity contribution in [1.82, 2.24) is 10.6 Å². The van der Waals surface area contributed by atoms with Gasteiger partial charge in [-0.15, -0.1) is 0 Å². The number of aliphatic imine (C=N–C) groups is 1. The lowest BCUT2D eigenvalue weighted by atomic mass is 10.1. The van der Waals surface area contributed by atoms with E-state index >= 15 is 0 Å². The Morgan fingerprint density at radius 2 is 2.14 bits per heavy atom. The molecule has 2 amide bonds. The molecule has 0 aromatic heterocycles. The minimum Gasteiger partial charge on any atom is -0.312 e. The number of carbonyl (C=O) groups excluding carboxylic acids is 2. The van der Waals surface area contributed by atoms with Gasteiger partial charge in [0.25, 0.3) is 5.91 Å². The van der Waals surface area contributed by atoms with E-state index in [0.29, 0.717) is 18.4 Å². The molecule has 78 valence electrons. The summed E-state index contributed by atoms with van der Waals surface area (Å²) in [6.07, 6.45) is 0. The highest BCUT2D eigenvalue weighted by molar-refractivity contribution is 6.16. The number of amidine groups is 1. The molecule has 1 heterocycles. The first-order valence-corrected chi connectivity index (χ1v) is 4.66. The molecule has 5 nitrogen and oxygen atoms in total. The standard InChI is InChI=1S/C9H15N3O2/c1-5(2)10-4-7-11-8(13)6(3)9(14)12-7/h5-6,10H,4H2,1-3H3,(H,11,12,13,14). The van der Waals surface area contributed by atoms with Crippen LogP contribution in [0.3, 0.4) is 0 Å². The lowest BCUT2D eigenvalue weighted by molar-refractivity contribution is -0.132. The highest BCUT2D eigenvalue weighted by Crippen LogP contribution is 2.03. The van der Waals surface area contributed by atoms with Gasteiger partial charge in [-0.05, 0) is 6.92 Å². The quantitative estimate of drug-likeness (QED) is 0.609. The van der Waals surface area contributed by atoms with Crippen LogP contribution in [0.5, 0.6) is 0 Å². The zero-order chi connectivity index (χ0) is 10.7. The molecule has 0 fully saturated rings. The van der Waals surface area contributed by atoms with Crippen LogP contribution in [0.15, 0.2) is 4.99 Å². The molecule has 1 aliphatic rings. The summed E-state index contributed by atoms with van der Waals surface area (Å²) in [5.74, 6) is -0.885. The first kappa shape index (κ1) is 10.8. The first-order chi connectivity index (χ1) is 6.50. The van der Waals surface area contributed by atoms with Gasteiger partial charge in [-0.3, -0.25) is 9.59 Å². The number of nitrogens with one attached hydrogen (secondary N) is 2. The Morgan fingerprint density at radius 1 is 1.50 bits per heavy atom. The number of nitrogens with zero attached hydrogens (tertiary/aromatic N) is 1. The zero-order valence-electron chi connectivity index (χ0n) is 8.63. The van der Waals surface area contributed by atoms with Crippen LogP contribution in [0.4, 0.5) is 0 Å². The van der Waals surface area contributed by atoms with Gasteiger partial charge in [0.1, 0.15) is 11.8 Å². The van der Waals surface area contributed by atoms with Crippen molar-refractivity contribution < 1.29 is 9.59 Å². The van der Waals surface area contributed by atoms with Crippen LogP contribution in [0.1, 0.15) is 20.8 Å². The second-order valence-corrected chi connectivity index (χ2v) is 3.64. The molecule has 0 saturated carbocycles. The summed E-state index contributed by atoms with van der Waals surface area (Å²) >= 11 is 0. The molecular formula is C9H15N3O2. The van der Waals surface area contributed by atoms with E-state index in [1.165, 1.54) is 0 Å². The summed E-state index contributed by atoms with van der Waals surface area (Å²) in [7, 11) is 0. The molecular weight excluding hydrogens is 182 g/mol. The third-order valence-corrected chi connectivity index (χ3v) is 1.95. The van der Waals surface area contributed by atoms with Crippen LogP contribution >= 0.6 is 0 Å². The Balaban J connectivity index is 2.59. The highest BCUT2D eigenvalue weighted by Gasteiger charge is 2.27. The van der Waals surface area contributed by atoms with E-state index in [9.17, 15) is 9.59 Å². The van der Waals surface area contributed by atoms with E-state index in [1.807, 2.05) is 13.8 Å². The zero-order valence-corrected chi connectivity index (χ0v) is 8.63. The fraction of sp³-hybridized carbons (Fsp3) is 0.667. The molecule has 0 aliphatic carbocycles. The van der Waals surface area contributed by atoms with E-state index in [-0.39, 0.29) is 11.8 Å². The van der Waals surface area contributed by atoms with Crippen molar-refractivity contribution in [2.45, 2.75) is 26.8 Å². The Hall–Kier alpha value is -1.23. The second kappa shape index (κ2) is 4.32. The van der Waals surface area contributed by atoms with E-state index in [4.69, 9.17) is 0 Å². The maximum absolute atomic E-state index is 11.2. The summed E-state index contributed by atoms with van der Waals surface area (Å²) in [5.41, 5.74) is 0. The molecule has 1 unspecified atom stereocenters. The van der Waals surface area contributed by atoms with Gasteiger partial charge in [-0.2, -0.15) is 4.99 Å². The fourth-order valence-corrected chi connectivity index (χ4v) is 1.00. The van der Waals surface area contributed by atoms with Crippen LogP contribution in [0, 0.1) is 5.92 Å². The molecule has 14 heavy (non-hydrogen) atoms. The van der Waals surface area contributed by atoms with Crippen LogP contribution in [0.25, 0.3) is 0 Å². The van der Waals surface area contributed by atoms with Crippen LogP contribution in [-0.4, -0.2) is 30.2 Å². The molecule has 0 aromatic carbocycles. The van der Waals surface area contributed by atoms with Crippen molar-refractivity contribution in [1.29, 1.82) is 0 Å². The van der Waals surface area contributed by atoms with E-state index in [1.54, 1.807) is 6.92 Å². The Kier molecular flexibility index (Phi) is 3.35. The summed E-state index contributed by atoms with van der Waals surface area (Å²) in [4.78, 5) is 26.2. The van der Waals surface area contributed by atoms with Crippen molar-refractivity contribution >= 4 is 17.6 Å². The van der Waals surface area contributed by atoms with E-state index in [0.717, 1.165) is 0 Å². The summed E-state index contributed by atoms with van der Waals surface area (Å²) in [6, 6.07) is 0.295. The summed E-state index contributed by atoms with van der Waals surface area (Å²) in [6.45, 7) is 5.93. The minimum absolute atomic E-state index is 0.273. The SMILES string of the molecule is CC(C)NCC1=NC(=O)C(C)C(=O)N1. The summed E-state index contributed by atoms with van der Waals surface area (Å²) in [5, 5.41) is 5.65. The molecule has 0 saturated heterocycles. The van der Waals surface area contributed by atoms with Crippen molar-refractivity contribution in [3.63, 3.8) is 0 Å². The number of hydrogen-bond donors (Lipinski definition) is 2. The van der Waals surface area contributed by atoms with Gasteiger partial charge >= 0.3 is 0 Å². The summed E-state index contributed by atoms with van der Waals surface area (Å²) < 4.78 is 0. The third-order valence-electron chi connectivity index (χ3n) is 1.95. The van der Waals surface area contributed by atoms with Gasteiger partial charge < -0.3 is 10.6 Å². The van der Waals surface area contributed by atoms with Crippen molar-refractivity contribution in [2.75, 3.05) is 6.54 Å². The van der Waals surface area contributed by atoms with Crippen molar-refractivity contribution in [3.8, 4) is 0 Å². The molecule has 0 bridgehead atoms. The van der Waals surface area contributed by atoms with Crippen LogP contribution < -0.4 is 10.6 Å². The number of amides is 2. The van der Waals surface area contributed by atoms with E-state index < -0.39 is 5.92 Å². The normalized spacial score (nSPS) is 22.3. The largest absolute Gasteiger partial charge is 0.312 e. The van der Waals surface area contributed by atoms with Crippen molar-refractivity contribution in [2.24, 2.45) is 10.9 Å². The maximum atomic E-state index is 11.2. The Bertz CT molecular complexity index is 284. The van der Waals surface area contributed by atoms with Gasteiger partial charge in [0.05, 0.1) is 6.54 Å².